The average molecular weight is 836 g/mol. The van der Waals surface area contributed by atoms with Crippen molar-refractivity contribution in [1.29, 1.82) is 0 Å². The minimum atomic E-state index is 0.0384. The molecule has 0 aliphatic heterocycles. The molecular weight excluding hydrogens is 776 g/mol. The van der Waals surface area contributed by atoms with Gasteiger partial charge in [0.2, 0.25) is 0 Å². The fourth-order valence-corrected chi connectivity index (χ4v) is 9.18. The summed E-state index contributed by atoms with van der Waals surface area (Å²) in [6.07, 6.45) is 12.2. The van der Waals surface area contributed by atoms with E-state index in [1.165, 1.54) is 88.3 Å². The molecule has 0 fully saturated rings. The van der Waals surface area contributed by atoms with Crippen LogP contribution in [0.5, 0.6) is 0 Å². The Morgan fingerprint density at radius 1 is 0.552 bits per heavy atom. The summed E-state index contributed by atoms with van der Waals surface area (Å²) in [6.45, 7) is 22.8. The molecule has 0 saturated heterocycles. The molecule has 58 heavy (non-hydrogen) atoms. The van der Waals surface area contributed by atoms with Crippen molar-refractivity contribution in [3.63, 3.8) is 0 Å². The number of allylic oxidation sites excluding steroid dienone is 4. The van der Waals surface area contributed by atoms with Gasteiger partial charge >= 0.3 is 112 Å². The fourth-order valence-electron chi connectivity index (χ4n) is 8.17. The van der Waals surface area contributed by atoms with Gasteiger partial charge in [-0.3, -0.25) is 6.08 Å². The molecular formula is C57H60Zr. The van der Waals surface area contributed by atoms with E-state index in [1.807, 2.05) is 12.2 Å². The van der Waals surface area contributed by atoms with Gasteiger partial charge in [0, 0.05) is 0 Å². The van der Waals surface area contributed by atoms with Crippen LogP contribution in [-0.4, -0.2) is 3.21 Å². The summed E-state index contributed by atoms with van der Waals surface area (Å²) >= 11 is 1.55. The SMILES string of the molecule is Cc1cc(C)cc(-c2cc3[cH-]c4cc(-c5cc(C)cc(C)c5)c(C(C)(C)C)cc4c3cc2C(C)(C)C)c1.[C-]1=CC=CC1.[Zr+2]=[C](Cc1ccccc1)Cc1ccccc1. The quantitative estimate of drug-likeness (QED) is 0.146. The molecule has 0 radical (unpaired) electrons. The predicted octanol–water partition coefficient (Wildman–Crippen LogP) is 15.4. The molecule has 292 valence electrons. The molecule has 0 unspecified atom stereocenters. The first-order valence-electron chi connectivity index (χ1n) is 20.8. The van der Waals surface area contributed by atoms with Gasteiger partial charge in [-0.15, -0.1) is 46.2 Å². The Labute approximate surface area is 364 Å². The molecule has 7 aromatic carbocycles. The Morgan fingerprint density at radius 2 is 0.948 bits per heavy atom. The number of rotatable bonds is 6. The second-order valence-corrected chi connectivity index (χ2v) is 20.0. The molecule has 8 rings (SSSR count). The number of hydrogen-bond donors (Lipinski definition) is 0. The molecule has 0 amide bonds. The van der Waals surface area contributed by atoms with Gasteiger partial charge in [-0.2, -0.15) is 6.08 Å². The summed E-state index contributed by atoms with van der Waals surface area (Å²) < 4.78 is 1.60. The monoisotopic (exact) mass is 834 g/mol. The molecule has 7 aromatic rings. The van der Waals surface area contributed by atoms with Gasteiger partial charge in [0.05, 0.1) is 0 Å². The van der Waals surface area contributed by atoms with E-state index in [0.717, 1.165) is 19.3 Å². The van der Waals surface area contributed by atoms with E-state index in [9.17, 15) is 0 Å². The minimum absolute atomic E-state index is 0.0384. The number of benzene rings is 6. The van der Waals surface area contributed by atoms with Crippen LogP contribution < -0.4 is 0 Å². The molecule has 0 atom stereocenters. The second kappa shape index (κ2) is 18.6. The molecule has 0 spiro atoms. The third kappa shape index (κ3) is 11.1. The molecule has 1 aliphatic carbocycles. The zero-order chi connectivity index (χ0) is 41.6. The van der Waals surface area contributed by atoms with E-state index < -0.39 is 0 Å². The van der Waals surface area contributed by atoms with Crippen molar-refractivity contribution < 1.29 is 24.2 Å². The molecule has 1 aliphatic rings. The molecule has 0 N–H and O–H groups in total. The van der Waals surface area contributed by atoms with Crippen LogP contribution >= 0.6 is 0 Å². The van der Waals surface area contributed by atoms with Crippen LogP contribution in [0, 0.1) is 33.8 Å². The van der Waals surface area contributed by atoms with Gasteiger partial charge in [-0.05, 0) is 71.9 Å². The molecule has 1 heteroatoms. The summed E-state index contributed by atoms with van der Waals surface area (Å²) in [6, 6.07) is 47.5. The van der Waals surface area contributed by atoms with Gasteiger partial charge in [0.1, 0.15) is 0 Å². The Bertz CT molecular complexity index is 2360. The Morgan fingerprint density at radius 3 is 1.26 bits per heavy atom. The first-order valence-corrected chi connectivity index (χ1v) is 22.0. The van der Waals surface area contributed by atoms with Crippen LogP contribution in [0.4, 0.5) is 0 Å². The molecule has 0 saturated carbocycles. The van der Waals surface area contributed by atoms with Gasteiger partial charge in [-0.25, -0.2) is 12.2 Å². The van der Waals surface area contributed by atoms with Crippen LogP contribution in [0.15, 0.2) is 146 Å². The van der Waals surface area contributed by atoms with Crippen molar-refractivity contribution >= 4 is 24.8 Å². The summed E-state index contributed by atoms with van der Waals surface area (Å²) in [5.74, 6) is 0. The van der Waals surface area contributed by atoms with Crippen molar-refractivity contribution in [3.8, 4) is 22.3 Å². The topological polar surface area (TPSA) is 0 Å². The fraction of sp³-hybridized carbons (Fsp3) is 0.263. The van der Waals surface area contributed by atoms with Crippen LogP contribution in [0.3, 0.4) is 0 Å². The third-order valence-electron chi connectivity index (χ3n) is 10.8. The summed E-state index contributed by atoms with van der Waals surface area (Å²) in [7, 11) is 0. The normalized spacial score (nSPS) is 12.3. The number of aryl methyl sites for hydroxylation is 4. The molecule has 0 nitrogen and oxygen atoms in total. The van der Waals surface area contributed by atoms with Crippen molar-refractivity contribution in [2.75, 3.05) is 0 Å². The average Bonchev–Trinajstić information content (AvgIpc) is 3.85. The molecule has 0 heterocycles. The zero-order valence-corrected chi connectivity index (χ0v) is 38.9. The third-order valence-corrected chi connectivity index (χ3v) is 11.6. The van der Waals surface area contributed by atoms with E-state index in [4.69, 9.17) is 0 Å². The molecule has 0 bridgehead atoms. The first kappa shape index (κ1) is 43.0. The van der Waals surface area contributed by atoms with E-state index >= 15 is 0 Å². The maximum absolute atomic E-state index is 2.99. The van der Waals surface area contributed by atoms with Gasteiger partial charge < -0.3 is 0 Å². The zero-order valence-electron chi connectivity index (χ0n) is 36.5. The standard InChI is InChI=1S/C37H41.C15H14.C5H5.Zr/c1-22-11-23(2)14-26(13-22)32-18-28-17-29-19-33(27-15-24(3)12-25(4)16-27)35(37(8,9)10)21-31(29)30(28)20-34(32)36(5,6)7;1-3-8-14(9-4-1)12-7-13-15-10-5-2-6-11-15;1-2-4-5-3-1;/h11-21H,1-10H3;1-6,8-11H,12-13H2;1-3H,4H2;/q-1;;-1;+2. The van der Waals surface area contributed by atoms with Gasteiger partial charge in [-0.1, -0.05) is 112 Å². The van der Waals surface area contributed by atoms with Crippen LogP contribution in [0.25, 0.3) is 43.8 Å². The van der Waals surface area contributed by atoms with Crippen LogP contribution in [-0.2, 0) is 47.9 Å². The van der Waals surface area contributed by atoms with E-state index in [0.29, 0.717) is 0 Å². The van der Waals surface area contributed by atoms with Crippen molar-refractivity contribution in [2.24, 2.45) is 0 Å². The second-order valence-electron chi connectivity index (χ2n) is 18.3. The van der Waals surface area contributed by atoms with Crippen molar-refractivity contribution in [3.05, 3.63) is 196 Å². The van der Waals surface area contributed by atoms with Gasteiger partial charge in [0.25, 0.3) is 0 Å². The number of hydrogen-bond acceptors (Lipinski definition) is 0. The maximum atomic E-state index is 2.99. The number of fused-ring (bicyclic) bond motifs is 3. The van der Waals surface area contributed by atoms with E-state index in [2.05, 4.69) is 209 Å². The Balaban J connectivity index is 0.000000221. The Hall–Kier alpha value is -4.58. The van der Waals surface area contributed by atoms with Crippen molar-refractivity contribution in [2.45, 2.75) is 99.3 Å². The summed E-state index contributed by atoms with van der Waals surface area (Å²) in [5, 5.41) is 5.39. The molecule has 0 aromatic heterocycles. The first-order chi connectivity index (χ1) is 27.5. The van der Waals surface area contributed by atoms with Gasteiger partial charge in [0.15, 0.2) is 0 Å². The predicted molar refractivity (Wildman–Crippen MR) is 251 cm³/mol. The van der Waals surface area contributed by atoms with E-state index in [1.54, 1.807) is 27.4 Å². The summed E-state index contributed by atoms with van der Waals surface area (Å²) in [4.78, 5) is 0. The summed E-state index contributed by atoms with van der Waals surface area (Å²) in [5.41, 5.74) is 16.4. The van der Waals surface area contributed by atoms with Crippen LogP contribution in [0.2, 0.25) is 0 Å². The van der Waals surface area contributed by atoms with Crippen molar-refractivity contribution in [1.82, 2.24) is 0 Å². The van der Waals surface area contributed by atoms with E-state index in [-0.39, 0.29) is 10.8 Å². The Kier molecular flexibility index (Phi) is 13.8. The van der Waals surface area contributed by atoms with Crippen LogP contribution in [0.1, 0.15) is 92.5 Å².